The summed E-state index contributed by atoms with van der Waals surface area (Å²) in [5.74, 6) is 0.725. The summed E-state index contributed by atoms with van der Waals surface area (Å²) in [6.45, 7) is 1.95. The van der Waals surface area contributed by atoms with Crippen LogP contribution in [-0.2, 0) is 4.74 Å². The second kappa shape index (κ2) is 5.34. The fourth-order valence-electron chi connectivity index (χ4n) is 3.81. The number of rotatable bonds is 3. The van der Waals surface area contributed by atoms with Gasteiger partial charge in [-0.15, -0.1) is 0 Å². The number of pyridine rings is 1. The Morgan fingerprint density at radius 2 is 2.15 bits per heavy atom. The summed E-state index contributed by atoms with van der Waals surface area (Å²) in [6.07, 6.45) is 8.58. The van der Waals surface area contributed by atoms with Crippen LogP contribution >= 0.6 is 0 Å². The molecule has 1 saturated heterocycles. The molecule has 1 aromatic heterocycles. The van der Waals surface area contributed by atoms with Crippen LogP contribution in [0.2, 0.25) is 0 Å². The van der Waals surface area contributed by atoms with Crippen LogP contribution in [0.25, 0.3) is 0 Å². The average Bonchev–Trinajstić information content (AvgIpc) is 2.83. The van der Waals surface area contributed by atoms with Gasteiger partial charge in [0, 0.05) is 30.9 Å². The number of morpholine rings is 1. The molecule has 3 aliphatic rings. The van der Waals surface area contributed by atoms with Gasteiger partial charge >= 0.3 is 0 Å². The maximum absolute atomic E-state index is 6.06. The minimum Gasteiger partial charge on any atom is -0.472 e. The van der Waals surface area contributed by atoms with E-state index in [1.54, 1.807) is 6.20 Å². The van der Waals surface area contributed by atoms with E-state index in [2.05, 4.69) is 9.88 Å². The number of hydrogen-bond donors (Lipinski definition) is 0. The van der Waals surface area contributed by atoms with Gasteiger partial charge in [0.05, 0.1) is 6.61 Å². The number of ether oxygens (including phenoxy) is 2. The fourth-order valence-corrected chi connectivity index (χ4v) is 3.81. The lowest BCUT2D eigenvalue weighted by Gasteiger charge is -2.46. The van der Waals surface area contributed by atoms with Gasteiger partial charge in [0.25, 0.3) is 0 Å². The van der Waals surface area contributed by atoms with Gasteiger partial charge in [-0.05, 0) is 31.7 Å². The normalized spacial score (nSPS) is 34.5. The molecule has 1 aromatic rings. The Balaban J connectivity index is 1.45. The highest BCUT2D eigenvalue weighted by Crippen LogP contribution is 2.37. The van der Waals surface area contributed by atoms with E-state index in [1.807, 2.05) is 18.2 Å². The van der Waals surface area contributed by atoms with Crippen LogP contribution in [0.5, 0.6) is 5.88 Å². The van der Waals surface area contributed by atoms with Gasteiger partial charge < -0.3 is 9.47 Å². The van der Waals surface area contributed by atoms with Crippen LogP contribution in [-0.4, -0.2) is 47.3 Å². The predicted octanol–water partition coefficient (Wildman–Crippen LogP) is 2.24. The smallest absolute Gasteiger partial charge is 0.213 e. The molecule has 0 bridgehead atoms. The van der Waals surface area contributed by atoms with Crippen LogP contribution < -0.4 is 4.74 Å². The van der Waals surface area contributed by atoms with E-state index in [4.69, 9.17) is 9.47 Å². The zero-order valence-electron chi connectivity index (χ0n) is 11.8. The second-order valence-electron chi connectivity index (χ2n) is 6.13. The van der Waals surface area contributed by atoms with Crippen molar-refractivity contribution in [2.24, 2.45) is 0 Å². The molecule has 0 unspecified atom stereocenters. The Kier molecular flexibility index (Phi) is 3.36. The van der Waals surface area contributed by atoms with Crippen molar-refractivity contribution in [2.75, 3.05) is 13.2 Å². The van der Waals surface area contributed by atoms with Gasteiger partial charge in [0.1, 0.15) is 12.2 Å². The third-order valence-corrected chi connectivity index (χ3v) is 5.03. The molecule has 0 N–H and O–H groups in total. The lowest BCUT2D eigenvalue weighted by atomic mass is 9.89. The lowest BCUT2D eigenvalue weighted by molar-refractivity contribution is -0.110. The van der Waals surface area contributed by atoms with E-state index in [9.17, 15) is 0 Å². The molecule has 0 radical (unpaired) electrons. The maximum atomic E-state index is 6.06. The Morgan fingerprint density at radius 1 is 1.20 bits per heavy atom. The quantitative estimate of drug-likeness (QED) is 0.846. The number of hydrogen-bond acceptors (Lipinski definition) is 4. The molecule has 1 aliphatic heterocycles. The Labute approximate surface area is 120 Å². The number of nitrogens with zero attached hydrogens (tertiary/aromatic N) is 2. The Hall–Kier alpha value is -1.13. The van der Waals surface area contributed by atoms with Gasteiger partial charge in [-0.25, -0.2) is 4.98 Å². The van der Waals surface area contributed by atoms with Crippen LogP contribution in [0, 0.1) is 0 Å². The first-order valence-electron chi connectivity index (χ1n) is 7.87. The third-order valence-electron chi connectivity index (χ3n) is 5.03. The van der Waals surface area contributed by atoms with Gasteiger partial charge in [0.15, 0.2) is 0 Å². The predicted molar refractivity (Wildman–Crippen MR) is 75.8 cm³/mol. The molecule has 0 spiro atoms. The van der Waals surface area contributed by atoms with Gasteiger partial charge in [-0.2, -0.15) is 0 Å². The summed E-state index contributed by atoms with van der Waals surface area (Å²) in [7, 11) is 0. The van der Waals surface area contributed by atoms with Crippen molar-refractivity contribution in [1.82, 2.24) is 9.88 Å². The van der Waals surface area contributed by atoms with Gasteiger partial charge in [0.2, 0.25) is 5.88 Å². The summed E-state index contributed by atoms with van der Waals surface area (Å²) in [6, 6.07) is 7.18. The first-order chi connectivity index (χ1) is 9.92. The molecule has 2 saturated carbocycles. The molecule has 2 heterocycles. The molecule has 0 amide bonds. The van der Waals surface area contributed by atoms with Crippen LogP contribution in [0.4, 0.5) is 0 Å². The first-order valence-corrected chi connectivity index (χ1v) is 7.87. The highest BCUT2D eigenvalue weighted by molar-refractivity contribution is 5.11. The summed E-state index contributed by atoms with van der Waals surface area (Å²) in [5, 5.41) is 0. The van der Waals surface area contributed by atoms with E-state index in [0.29, 0.717) is 6.04 Å². The maximum Gasteiger partial charge on any atom is 0.213 e. The average molecular weight is 274 g/mol. The summed E-state index contributed by atoms with van der Waals surface area (Å²) < 4.78 is 12.1. The van der Waals surface area contributed by atoms with Gasteiger partial charge in [-0.1, -0.05) is 12.5 Å². The van der Waals surface area contributed by atoms with Crippen molar-refractivity contribution in [2.45, 2.75) is 56.4 Å². The van der Waals surface area contributed by atoms with Crippen molar-refractivity contribution in [3.8, 4) is 5.88 Å². The monoisotopic (exact) mass is 274 g/mol. The van der Waals surface area contributed by atoms with Crippen LogP contribution in [0.3, 0.4) is 0 Å². The standard InChI is InChI=1S/C16H22N2O2/c1-2-9-17-15(6-1)20-14-8-7-13-16(14)19-11-10-18(13)12-4-3-5-12/h1-2,6,9,12-14,16H,3-5,7-8,10-11H2/t13-,14+,16+/m0/s1. The molecular weight excluding hydrogens is 252 g/mol. The highest BCUT2D eigenvalue weighted by Gasteiger charge is 2.46. The topological polar surface area (TPSA) is 34.6 Å². The highest BCUT2D eigenvalue weighted by atomic mass is 16.5. The Bertz CT molecular complexity index is 449. The van der Waals surface area contributed by atoms with Crippen molar-refractivity contribution in [1.29, 1.82) is 0 Å². The van der Waals surface area contributed by atoms with E-state index >= 15 is 0 Å². The SMILES string of the molecule is c1ccc(O[C@@H]2CC[C@H]3[C@H]2OCCN3C2CCC2)nc1. The van der Waals surface area contributed by atoms with E-state index < -0.39 is 0 Å². The summed E-state index contributed by atoms with van der Waals surface area (Å²) in [5.41, 5.74) is 0. The van der Waals surface area contributed by atoms with E-state index in [-0.39, 0.29) is 12.2 Å². The minimum atomic E-state index is 0.165. The second-order valence-corrected chi connectivity index (χ2v) is 6.13. The van der Waals surface area contributed by atoms with Crippen LogP contribution in [0.1, 0.15) is 32.1 Å². The third kappa shape index (κ3) is 2.21. The van der Waals surface area contributed by atoms with Crippen molar-refractivity contribution in [3.63, 3.8) is 0 Å². The van der Waals surface area contributed by atoms with Crippen molar-refractivity contribution < 1.29 is 9.47 Å². The molecule has 3 atom stereocenters. The van der Waals surface area contributed by atoms with E-state index in [0.717, 1.165) is 31.5 Å². The molecule has 4 rings (SSSR count). The molecule has 2 aliphatic carbocycles. The van der Waals surface area contributed by atoms with Gasteiger partial charge in [-0.3, -0.25) is 4.90 Å². The van der Waals surface area contributed by atoms with Crippen molar-refractivity contribution in [3.05, 3.63) is 24.4 Å². The molecule has 3 fully saturated rings. The lowest BCUT2D eigenvalue weighted by Crippen LogP contribution is -2.57. The summed E-state index contributed by atoms with van der Waals surface area (Å²) >= 11 is 0. The number of fused-ring (bicyclic) bond motifs is 1. The largest absolute Gasteiger partial charge is 0.472 e. The zero-order valence-corrected chi connectivity index (χ0v) is 11.8. The molecule has 0 aromatic carbocycles. The fraction of sp³-hybridized carbons (Fsp3) is 0.688. The zero-order chi connectivity index (χ0) is 13.4. The first kappa shape index (κ1) is 12.6. The summed E-state index contributed by atoms with van der Waals surface area (Å²) in [4.78, 5) is 6.96. The van der Waals surface area contributed by atoms with Crippen molar-refractivity contribution >= 4 is 0 Å². The molecule has 4 nitrogen and oxygen atoms in total. The molecule has 4 heteroatoms. The molecule has 108 valence electrons. The minimum absolute atomic E-state index is 0.165. The number of aromatic nitrogens is 1. The Morgan fingerprint density at radius 3 is 2.90 bits per heavy atom. The molecule has 20 heavy (non-hydrogen) atoms. The van der Waals surface area contributed by atoms with Crippen LogP contribution in [0.15, 0.2) is 24.4 Å². The molecular formula is C16H22N2O2. The van der Waals surface area contributed by atoms with E-state index in [1.165, 1.54) is 25.7 Å².